The molecule has 1 aromatic heterocycles. The molecular weight excluding hydrogens is 542 g/mol. The van der Waals surface area contributed by atoms with Crippen LogP contribution >= 0.6 is 23.1 Å². The van der Waals surface area contributed by atoms with Gasteiger partial charge < -0.3 is 15.5 Å². The Morgan fingerprint density at radius 1 is 0.634 bits per heavy atom. The minimum Gasteiger partial charge on any atom is -0.872 e. The van der Waals surface area contributed by atoms with Crippen molar-refractivity contribution in [1.82, 2.24) is 0 Å². The molecule has 1 unspecified atom stereocenters. The van der Waals surface area contributed by atoms with Gasteiger partial charge in [0.15, 0.2) is 0 Å². The van der Waals surface area contributed by atoms with Gasteiger partial charge in [0, 0.05) is 6.07 Å². The molecule has 0 spiro atoms. The van der Waals surface area contributed by atoms with E-state index in [4.69, 9.17) is 0 Å². The topological polar surface area (TPSA) is 74.4 Å². The molecule has 2 heterocycles. The first kappa shape index (κ1) is 26.9. The van der Waals surface area contributed by atoms with Gasteiger partial charge in [-0.25, -0.2) is 0 Å². The van der Waals surface area contributed by atoms with Crippen LogP contribution in [0.25, 0.3) is 47.6 Å². The number of nitrogens with zero attached hydrogens (tertiary/aromatic N) is 1. The van der Waals surface area contributed by atoms with Gasteiger partial charge in [-0.1, -0.05) is 120 Å². The van der Waals surface area contributed by atoms with E-state index >= 15 is 0 Å². The molecule has 4 nitrogen and oxygen atoms in total. The predicted octanol–water partition coefficient (Wildman–Crippen LogP) is 7.95. The van der Waals surface area contributed by atoms with Gasteiger partial charge in [0.25, 0.3) is 5.01 Å². The Morgan fingerprint density at radius 2 is 1.22 bits per heavy atom. The van der Waals surface area contributed by atoms with E-state index in [1.807, 2.05) is 97.1 Å². The first-order valence-corrected chi connectivity index (χ1v) is 14.6. The van der Waals surface area contributed by atoms with Gasteiger partial charge in [-0.15, -0.1) is 23.2 Å². The molecule has 1 atom stereocenters. The van der Waals surface area contributed by atoms with Crippen LogP contribution in [0.1, 0.15) is 10.9 Å². The number of aromatic nitrogens is 1. The number of rotatable bonds is 2. The average Bonchev–Trinajstić information content (AvgIpc) is 3.61. The summed E-state index contributed by atoms with van der Waals surface area (Å²) in [6.07, 6.45) is 0. The molecule has 7 aromatic rings. The van der Waals surface area contributed by atoms with Gasteiger partial charge in [-0.05, 0) is 50.0 Å². The molecule has 6 aromatic carbocycles. The van der Waals surface area contributed by atoms with Crippen molar-refractivity contribution in [2.24, 2.45) is 0 Å². The van der Waals surface area contributed by atoms with Crippen molar-refractivity contribution in [2.45, 2.75) is 10.3 Å². The van der Waals surface area contributed by atoms with Crippen LogP contribution in [0.3, 0.4) is 0 Å². The number of hydrogen-bond acceptors (Lipinski definition) is 4. The summed E-state index contributed by atoms with van der Waals surface area (Å²) in [4.78, 5) is 4.48. The summed E-state index contributed by atoms with van der Waals surface area (Å²) in [5.74, 6) is 0.129. The van der Waals surface area contributed by atoms with Crippen molar-refractivity contribution in [1.29, 1.82) is 0 Å². The van der Waals surface area contributed by atoms with Crippen LogP contribution in [0.15, 0.2) is 126 Å². The van der Waals surface area contributed by atoms with Crippen molar-refractivity contribution in [2.75, 3.05) is 0 Å². The second-order valence-corrected chi connectivity index (χ2v) is 11.7. The van der Waals surface area contributed by atoms with Crippen LogP contribution in [0.2, 0.25) is 0 Å². The third-order valence-corrected chi connectivity index (χ3v) is 9.23. The zero-order valence-corrected chi connectivity index (χ0v) is 23.5. The number of nitrogens with one attached hydrogen (secondary N) is 1. The molecule has 41 heavy (non-hydrogen) atoms. The maximum Gasteiger partial charge on any atom is 2.00 e. The molecular formula is C34H22BeN2O2S2. The molecule has 0 radical (unpaired) electrons. The standard InChI is InChI=1S/C17H12NOS.C17H11NOS.Be/c2*19-15-10-12-6-2-1-5-11(12)9-13(15)17-18-14-7-3-4-8-16(14)20-17;/h1-10,17,19H;1-10,19H;/q-1;;+2/p-1. The number of fused-ring (bicyclic) bond motifs is 4. The van der Waals surface area contributed by atoms with E-state index in [2.05, 4.69) is 22.4 Å². The smallest absolute Gasteiger partial charge is 0.872 e. The summed E-state index contributed by atoms with van der Waals surface area (Å²) in [7, 11) is 0. The summed E-state index contributed by atoms with van der Waals surface area (Å²) < 4.78 is 1.16. The van der Waals surface area contributed by atoms with Gasteiger partial charge in [0.2, 0.25) is 5.52 Å². The molecule has 194 valence electrons. The maximum absolute atomic E-state index is 12.3. The van der Waals surface area contributed by atoms with Crippen molar-refractivity contribution < 1.29 is 15.2 Å². The van der Waals surface area contributed by atoms with Crippen LogP contribution in [0, 0.1) is 0 Å². The zero-order chi connectivity index (χ0) is 27.1. The predicted molar refractivity (Wildman–Crippen MR) is 168 cm³/mol. The molecule has 0 amide bonds. The normalized spacial score (nSPS) is 13.7. The molecule has 0 fully saturated rings. The summed E-state index contributed by atoms with van der Waals surface area (Å²) in [5, 5.41) is 34.2. The SMILES string of the molecule is [Be+2].[O-]c1cc2ccccc2cc1-c1[nH+]c2ccccc2s1.[O-]c1cc2ccccc2cc1C1[N-]c2ccccc2S1. The number of para-hydroxylation sites is 2. The fraction of sp³-hybridized carbons (Fsp3) is 0.0294. The van der Waals surface area contributed by atoms with Crippen LogP contribution in [0.4, 0.5) is 5.69 Å². The monoisotopic (exact) mass is 563 g/mol. The Morgan fingerprint density at radius 3 is 1.93 bits per heavy atom. The summed E-state index contributed by atoms with van der Waals surface area (Å²) >= 11 is 3.26. The molecule has 0 bridgehead atoms. The Hall–Kier alpha value is -4.35. The van der Waals surface area contributed by atoms with E-state index in [9.17, 15) is 10.2 Å². The number of thioether (sulfide) groups is 1. The van der Waals surface area contributed by atoms with Gasteiger partial charge in [0.05, 0.1) is 5.56 Å². The Bertz CT molecular complexity index is 1970. The van der Waals surface area contributed by atoms with Crippen molar-refractivity contribution in [3.63, 3.8) is 0 Å². The minimum atomic E-state index is -0.121. The third-order valence-electron chi connectivity index (χ3n) is 6.94. The maximum atomic E-state index is 12.3. The van der Waals surface area contributed by atoms with Gasteiger partial charge >= 0.3 is 10.1 Å². The third kappa shape index (κ3) is 5.25. The van der Waals surface area contributed by atoms with E-state index in [-0.39, 0.29) is 27.0 Å². The fourth-order valence-electron chi connectivity index (χ4n) is 4.94. The molecule has 0 saturated heterocycles. The summed E-state index contributed by atoms with van der Waals surface area (Å²) in [5.41, 5.74) is 3.56. The zero-order valence-electron chi connectivity index (χ0n) is 21.9. The van der Waals surface area contributed by atoms with Gasteiger partial charge in [-0.2, -0.15) is 4.98 Å². The van der Waals surface area contributed by atoms with Crippen LogP contribution in [0.5, 0.6) is 11.5 Å². The number of aromatic amines is 1. The van der Waals surface area contributed by atoms with Crippen molar-refractivity contribution >= 4 is 70.7 Å². The second-order valence-electron chi connectivity index (χ2n) is 9.55. The van der Waals surface area contributed by atoms with Crippen LogP contribution < -0.4 is 15.2 Å². The fourth-order valence-corrected chi connectivity index (χ4v) is 7.08. The number of hydrogen-bond donors (Lipinski definition) is 0. The van der Waals surface area contributed by atoms with Crippen molar-refractivity contribution in [3.8, 4) is 22.1 Å². The van der Waals surface area contributed by atoms with Crippen LogP contribution in [-0.4, -0.2) is 10.1 Å². The second kappa shape index (κ2) is 11.3. The molecule has 7 heteroatoms. The van der Waals surface area contributed by atoms with Gasteiger partial charge in [-0.3, -0.25) is 0 Å². The van der Waals surface area contributed by atoms with E-state index in [0.717, 1.165) is 58.5 Å². The van der Waals surface area contributed by atoms with Crippen molar-refractivity contribution in [3.05, 3.63) is 132 Å². The van der Waals surface area contributed by atoms with E-state index in [1.165, 1.54) is 0 Å². The largest absolute Gasteiger partial charge is 2.00 e. The minimum absolute atomic E-state index is 0. The van der Waals surface area contributed by atoms with E-state index in [0.29, 0.717) is 0 Å². The van der Waals surface area contributed by atoms with Crippen LogP contribution in [-0.2, 0) is 0 Å². The first-order chi connectivity index (χ1) is 19.6. The van der Waals surface area contributed by atoms with E-state index < -0.39 is 0 Å². The molecule has 0 aliphatic carbocycles. The Labute approximate surface area is 249 Å². The first-order valence-electron chi connectivity index (χ1n) is 12.9. The summed E-state index contributed by atoms with van der Waals surface area (Å²) in [6.45, 7) is 0. The van der Waals surface area contributed by atoms with E-state index in [1.54, 1.807) is 35.2 Å². The molecule has 1 N–H and O–H groups in total. The number of benzene rings is 6. The molecule has 1 aliphatic heterocycles. The quantitative estimate of drug-likeness (QED) is 0.200. The molecule has 0 saturated carbocycles. The Balaban J connectivity index is 0.000000144. The molecule has 1 aliphatic rings. The average molecular weight is 564 g/mol. The summed E-state index contributed by atoms with van der Waals surface area (Å²) in [6, 6.07) is 39.4. The molecule has 8 rings (SSSR count). The van der Waals surface area contributed by atoms with Gasteiger partial charge in [0.1, 0.15) is 4.70 Å². The Kier molecular flexibility index (Phi) is 7.37. The number of thiazole rings is 1. The number of H-pyrrole nitrogens is 1.